The van der Waals surface area contributed by atoms with Gasteiger partial charge in [0.1, 0.15) is 5.82 Å². The number of benzene rings is 1. The van der Waals surface area contributed by atoms with E-state index in [4.69, 9.17) is 4.98 Å². The average Bonchev–Trinajstić information content (AvgIpc) is 2.80. The zero-order valence-corrected chi connectivity index (χ0v) is 18.3. The number of hydrogen-bond donors (Lipinski definition) is 0. The van der Waals surface area contributed by atoms with Gasteiger partial charge in [0.2, 0.25) is 0 Å². The highest BCUT2D eigenvalue weighted by Gasteiger charge is 2.20. The van der Waals surface area contributed by atoms with Gasteiger partial charge in [0.25, 0.3) is 5.91 Å². The number of carbonyl (C=O) groups excluding carboxylic acids is 1. The zero-order chi connectivity index (χ0) is 22.0. The first-order chi connectivity index (χ1) is 15.0. The second-order valence-corrected chi connectivity index (χ2v) is 7.65. The highest BCUT2D eigenvalue weighted by Crippen LogP contribution is 2.29. The number of aryl methyl sites for hydroxylation is 3. The third-order valence-electron chi connectivity index (χ3n) is 5.60. The normalized spacial score (nSPS) is 11.0. The van der Waals surface area contributed by atoms with Gasteiger partial charge in [-0.05, 0) is 62.6 Å². The lowest BCUT2D eigenvalue weighted by Gasteiger charge is -2.22. The molecule has 1 amide bonds. The largest absolute Gasteiger partial charge is 0.335 e. The number of rotatable bonds is 5. The van der Waals surface area contributed by atoms with Crippen LogP contribution in [0.3, 0.4) is 0 Å². The summed E-state index contributed by atoms with van der Waals surface area (Å²) < 4.78 is 0. The zero-order valence-electron chi connectivity index (χ0n) is 18.3. The van der Waals surface area contributed by atoms with Gasteiger partial charge in [0, 0.05) is 48.8 Å². The fourth-order valence-electron chi connectivity index (χ4n) is 3.59. The molecule has 1 aromatic carbocycles. The SMILES string of the molecule is CCN(Cc1ccncc1)C(=O)c1cc(-c2cnc(C)nc2)nc2c(C)c(C)ccc12. The molecular formula is C25H25N5O. The number of hydrogen-bond acceptors (Lipinski definition) is 5. The van der Waals surface area contributed by atoms with E-state index in [1.807, 2.05) is 56.0 Å². The van der Waals surface area contributed by atoms with Gasteiger partial charge in [-0.1, -0.05) is 12.1 Å². The summed E-state index contributed by atoms with van der Waals surface area (Å²) in [6.07, 6.45) is 7.00. The molecule has 0 fully saturated rings. The molecule has 0 aliphatic rings. The van der Waals surface area contributed by atoms with Crippen molar-refractivity contribution in [1.82, 2.24) is 24.8 Å². The molecule has 3 heterocycles. The maximum absolute atomic E-state index is 13.7. The molecule has 3 aromatic heterocycles. The highest BCUT2D eigenvalue weighted by molar-refractivity contribution is 6.08. The van der Waals surface area contributed by atoms with Crippen LogP contribution in [0.1, 0.15) is 39.8 Å². The molecule has 6 nitrogen and oxygen atoms in total. The van der Waals surface area contributed by atoms with Crippen molar-refractivity contribution >= 4 is 16.8 Å². The van der Waals surface area contributed by atoms with Crippen LogP contribution in [0.4, 0.5) is 0 Å². The van der Waals surface area contributed by atoms with Crippen molar-refractivity contribution < 1.29 is 4.79 Å². The molecule has 31 heavy (non-hydrogen) atoms. The van der Waals surface area contributed by atoms with E-state index in [9.17, 15) is 4.79 Å². The summed E-state index contributed by atoms with van der Waals surface area (Å²) in [5.41, 5.74) is 6.21. The van der Waals surface area contributed by atoms with Crippen LogP contribution in [0, 0.1) is 20.8 Å². The summed E-state index contributed by atoms with van der Waals surface area (Å²) in [5, 5.41) is 0.859. The van der Waals surface area contributed by atoms with Crippen LogP contribution >= 0.6 is 0 Å². The van der Waals surface area contributed by atoms with Gasteiger partial charge in [-0.25, -0.2) is 15.0 Å². The van der Waals surface area contributed by atoms with Gasteiger partial charge in [-0.15, -0.1) is 0 Å². The molecule has 0 atom stereocenters. The minimum Gasteiger partial charge on any atom is -0.335 e. The minimum atomic E-state index is -0.0238. The Labute approximate surface area is 182 Å². The maximum atomic E-state index is 13.7. The monoisotopic (exact) mass is 411 g/mol. The standard InChI is InChI=1S/C25H25N5O/c1-5-30(15-19-8-10-26-11-9-19)25(31)22-12-23(20-13-27-18(4)28-14-20)29-24-17(3)16(2)6-7-21(22)24/h6-14H,5,15H2,1-4H3. The number of pyridine rings is 2. The fourth-order valence-corrected chi connectivity index (χ4v) is 3.59. The van der Waals surface area contributed by atoms with E-state index in [0.717, 1.165) is 33.2 Å². The second kappa shape index (κ2) is 8.60. The summed E-state index contributed by atoms with van der Waals surface area (Å²) in [7, 11) is 0. The van der Waals surface area contributed by atoms with E-state index in [0.29, 0.717) is 30.2 Å². The summed E-state index contributed by atoms with van der Waals surface area (Å²) in [6, 6.07) is 9.77. The number of aromatic nitrogens is 4. The van der Waals surface area contributed by atoms with E-state index < -0.39 is 0 Å². The average molecular weight is 412 g/mol. The Kier molecular flexibility index (Phi) is 5.71. The van der Waals surface area contributed by atoms with Crippen LogP contribution in [-0.2, 0) is 6.54 Å². The van der Waals surface area contributed by atoms with Crippen LogP contribution in [0.25, 0.3) is 22.2 Å². The molecule has 0 spiro atoms. The summed E-state index contributed by atoms with van der Waals surface area (Å²) in [4.78, 5) is 33.1. The van der Waals surface area contributed by atoms with E-state index >= 15 is 0 Å². The molecule has 0 aliphatic carbocycles. The van der Waals surface area contributed by atoms with Gasteiger partial charge in [0.15, 0.2) is 0 Å². The second-order valence-electron chi connectivity index (χ2n) is 7.65. The van der Waals surface area contributed by atoms with E-state index in [2.05, 4.69) is 21.9 Å². The van der Waals surface area contributed by atoms with Crippen LogP contribution in [0.15, 0.2) is 55.1 Å². The first kappa shape index (κ1) is 20.6. The number of amides is 1. The predicted octanol–water partition coefficient (Wildman–Crippen LogP) is 4.67. The Bertz CT molecular complexity index is 1240. The lowest BCUT2D eigenvalue weighted by molar-refractivity contribution is 0.0754. The number of fused-ring (bicyclic) bond motifs is 1. The van der Waals surface area contributed by atoms with E-state index in [1.165, 1.54) is 0 Å². The summed E-state index contributed by atoms with van der Waals surface area (Å²) in [6.45, 7) is 9.06. The summed E-state index contributed by atoms with van der Waals surface area (Å²) >= 11 is 0. The Morgan fingerprint density at radius 2 is 1.71 bits per heavy atom. The molecule has 0 N–H and O–H groups in total. The van der Waals surface area contributed by atoms with Gasteiger partial charge >= 0.3 is 0 Å². The fraction of sp³-hybridized carbons (Fsp3) is 0.240. The Hall–Kier alpha value is -3.67. The first-order valence-electron chi connectivity index (χ1n) is 10.4. The van der Waals surface area contributed by atoms with E-state index in [-0.39, 0.29) is 5.91 Å². The molecule has 6 heteroatoms. The molecule has 0 unspecified atom stereocenters. The highest BCUT2D eigenvalue weighted by atomic mass is 16.2. The van der Waals surface area contributed by atoms with Crippen molar-refractivity contribution in [2.24, 2.45) is 0 Å². The molecule has 0 saturated heterocycles. The molecule has 4 aromatic rings. The van der Waals surface area contributed by atoms with Crippen LogP contribution in [0.5, 0.6) is 0 Å². The van der Waals surface area contributed by atoms with Gasteiger partial charge < -0.3 is 4.90 Å². The maximum Gasteiger partial charge on any atom is 0.254 e. The quantitative estimate of drug-likeness (QED) is 0.477. The predicted molar refractivity (Wildman–Crippen MR) is 122 cm³/mol. The third kappa shape index (κ3) is 4.14. The van der Waals surface area contributed by atoms with Crippen molar-refractivity contribution in [3.63, 3.8) is 0 Å². The van der Waals surface area contributed by atoms with Crippen LogP contribution in [0.2, 0.25) is 0 Å². The van der Waals surface area contributed by atoms with Crippen LogP contribution in [-0.4, -0.2) is 37.3 Å². The lowest BCUT2D eigenvalue weighted by atomic mass is 9.99. The van der Waals surface area contributed by atoms with E-state index in [1.54, 1.807) is 24.8 Å². The van der Waals surface area contributed by atoms with Crippen molar-refractivity contribution in [1.29, 1.82) is 0 Å². The molecule has 0 radical (unpaired) electrons. The lowest BCUT2D eigenvalue weighted by Crippen LogP contribution is -2.30. The Balaban J connectivity index is 1.85. The van der Waals surface area contributed by atoms with Crippen LogP contribution < -0.4 is 0 Å². The molecular weight excluding hydrogens is 386 g/mol. The molecule has 156 valence electrons. The third-order valence-corrected chi connectivity index (χ3v) is 5.60. The molecule has 0 aliphatic heterocycles. The molecule has 4 rings (SSSR count). The van der Waals surface area contributed by atoms with Gasteiger partial charge in [0.05, 0.1) is 16.8 Å². The first-order valence-corrected chi connectivity index (χ1v) is 10.4. The van der Waals surface area contributed by atoms with Crippen molar-refractivity contribution in [3.8, 4) is 11.3 Å². The molecule has 0 bridgehead atoms. The molecule has 0 saturated carbocycles. The van der Waals surface area contributed by atoms with Crippen molar-refractivity contribution in [3.05, 3.63) is 83.2 Å². The topological polar surface area (TPSA) is 71.9 Å². The van der Waals surface area contributed by atoms with Gasteiger partial charge in [-0.2, -0.15) is 0 Å². The smallest absolute Gasteiger partial charge is 0.254 e. The Morgan fingerprint density at radius 3 is 2.39 bits per heavy atom. The number of carbonyl (C=O) groups is 1. The van der Waals surface area contributed by atoms with Crippen molar-refractivity contribution in [2.75, 3.05) is 6.54 Å². The number of nitrogens with zero attached hydrogens (tertiary/aromatic N) is 5. The van der Waals surface area contributed by atoms with Gasteiger partial charge in [-0.3, -0.25) is 9.78 Å². The minimum absolute atomic E-state index is 0.0238. The Morgan fingerprint density at radius 1 is 1.00 bits per heavy atom. The summed E-state index contributed by atoms with van der Waals surface area (Å²) in [5.74, 6) is 0.673. The van der Waals surface area contributed by atoms with Crippen molar-refractivity contribution in [2.45, 2.75) is 34.2 Å².